The highest BCUT2D eigenvalue weighted by Crippen LogP contribution is 2.55. The number of alkyl halides is 14. The molecule has 2 heterocycles. The van der Waals surface area contributed by atoms with E-state index in [-0.39, 0.29) is 98.9 Å². The quantitative estimate of drug-likeness (QED) is 0.0365. The molecule has 0 saturated heterocycles. The van der Waals surface area contributed by atoms with Crippen molar-refractivity contribution in [2.45, 2.75) is 110 Å². The monoisotopic (exact) mass is 1390 g/mol. The van der Waals surface area contributed by atoms with Crippen LogP contribution in [0.15, 0.2) is 135 Å². The molecule has 0 radical (unpaired) electrons. The minimum absolute atomic E-state index is 0.00868. The Kier molecular flexibility index (Phi) is 26.1. The fraction of sp³-hybridized carbons (Fsp3) is 0.312. The molecule has 0 bridgehead atoms. The van der Waals surface area contributed by atoms with Crippen LogP contribution < -0.4 is 21.7 Å². The van der Waals surface area contributed by atoms with Crippen molar-refractivity contribution in [1.29, 1.82) is 0 Å². The molecule has 0 spiro atoms. The molecule has 2 aromatic heterocycles. The van der Waals surface area contributed by atoms with Gasteiger partial charge in [0.05, 0.1) is 22.7 Å². The highest BCUT2D eigenvalue weighted by molar-refractivity contribution is 6.67. The highest BCUT2D eigenvalue weighted by Gasteiger charge is 2.74. The Morgan fingerprint density at radius 3 is 1.07 bits per heavy atom. The molecule has 0 atom stereocenters. The number of nitrogens with one attached hydrogen (secondary N) is 3. The Hall–Kier alpha value is -9.39. The van der Waals surface area contributed by atoms with Crippen LogP contribution in [0.3, 0.4) is 0 Å². The number of halogens is 17. The second kappa shape index (κ2) is 32.4. The van der Waals surface area contributed by atoms with E-state index < -0.39 is 76.0 Å². The molecule has 8 rings (SSSR count). The summed E-state index contributed by atoms with van der Waals surface area (Å²) in [6.45, 7) is 15.9. The van der Waals surface area contributed by atoms with Crippen LogP contribution in [0.4, 0.5) is 93.0 Å². The van der Waals surface area contributed by atoms with Crippen molar-refractivity contribution in [3.63, 3.8) is 0 Å². The van der Waals surface area contributed by atoms with E-state index in [9.17, 15) is 89.4 Å². The maximum Gasteiger partial charge on any atom is 0.435 e. The second-order valence-electron chi connectivity index (χ2n) is 20.5. The molecule has 96 heavy (non-hydrogen) atoms. The van der Waals surface area contributed by atoms with E-state index >= 15 is 0 Å². The number of rotatable bonds is 18. The fourth-order valence-electron chi connectivity index (χ4n) is 9.31. The van der Waals surface area contributed by atoms with E-state index in [1.54, 1.807) is 0 Å². The summed E-state index contributed by atoms with van der Waals surface area (Å²) in [6.07, 6.45) is -20.3. The molecule has 516 valence electrons. The van der Waals surface area contributed by atoms with Gasteiger partial charge in [0, 0.05) is 44.8 Å². The first-order valence-corrected chi connectivity index (χ1v) is 29.3. The number of hydrogen-bond acceptors (Lipinski definition) is 10. The van der Waals surface area contributed by atoms with E-state index in [1.807, 2.05) is 0 Å². The van der Waals surface area contributed by atoms with Crippen molar-refractivity contribution < 1.29 is 89.4 Å². The van der Waals surface area contributed by atoms with Crippen molar-refractivity contribution in [2.24, 2.45) is 0 Å². The molecule has 0 aliphatic heterocycles. The lowest BCUT2D eigenvalue weighted by molar-refractivity contribution is -0.349. The second-order valence-corrected chi connectivity index (χ2v) is 20.9. The Morgan fingerprint density at radius 2 is 0.771 bits per heavy atom. The third kappa shape index (κ3) is 18.1. The van der Waals surface area contributed by atoms with Crippen LogP contribution in [-0.4, -0.2) is 102 Å². The number of nitrogens with two attached hydrogens (primary N) is 1. The summed E-state index contributed by atoms with van der Waals surface area (Å²) >= 11 is 5.09. The van der Waals surface area contributed by atoms with Gasteiger partial charge in [0.2, 0.25) is 0 Å². The van der Waals surface area contributed by atoms with Crippen LogP contribution in [-0.2, 0) is 37.0 Å². The standard InChI is InChI=1S/C29H23F8N5O2.C22H20F7N5O.C7H4ClFO.C6H15N/c1-3-16-11-20(27(31,28(32,33)34)29(35,36)37)12-17(4-2)24(16)41-26(44)19-7-10-23(42-15-38-14-39-42)22(13-19)40-25(43)18-5-8-21(30)9-6-18;1-3-12-7-15(20(23,21(24,25)26)22(27,28)29)8-13(4-2)18(12)33-19(35)14-5-6-17(16(30)9-14)34-11-31-10-32-34;8-7(10)5-1-3-6(9)4-2-5;1-4-7(5-2)6-3/h5-15H,3-4H2,1-2H3,(H,40,43)(H,41,44);5-11H,3-4,30H2,1-2H3,(H,33,35);1-4H;4-6H2,1-3H3. The molecule has 0 fully saturated rings. The van der Waals surface area contributed by atoms with E-state index in [0.29, 0.717) is 35.5 Å². The summed E-state index contributed by atoms with van der Waals surface area (Å²) in [5.41, 5.74) is -7.67. The molecular weight excluding hydrogens is 1330 g/mol. The Labute approximate surface area is 544 Å². The summed E-state index contributed by atoms with van der Waals surface area (Å²) < 4.78 is 218. The maximum atomic E-state index is 14.9. The van der Waals surface area contributed by atoms with Gasteiger partial charge in [-0.15, -0.1) is 0 Å². The number of benzene rings is 6. The average Bonchev–Trinajstić information content (AvgIpc) is 0.886. The average molecular weight is 1390 g/mol. The van der Waals surface area contributed by atoms with Gasteiger partial charge in [-0.25, -0.2) is 36.9 Å². The molecule has 5 N–H and O–H groups in total. The Bertz CT molecular complexity index is 3850. The summed E-state index contributed by atoms with van der Waals surface area (Å²) in [4.78, 5) is 59.5. The summed E-state index contributed by atoms with van der Waals surface area (Å²) in [5, 5.41) is 15.0. The number of nitrogen functional groups attached to an aromatic ring is 1. The van der Waals surface area contributed by atoms with Crippen molar-refractivity contribution in [2.75, 3.05) is 41.3 Å². The first kappa shape index (κ1) is 77.3. The van der Waals surface area contributed by atoms with Gasteiger partial charge in [-0.3, -0.25) is 19.2 Å². The topological polar surface area (TPSA) is 195 Å². The first-order chi connectivity index (χ1) is 44.9. The lowest BCUT2D eigenvalue weighted by Crippen LogP contribution is -2.50. The van der Waals surface area contributed by atoms with Gasteiger partial charge in [-0.1, -0.05) is 48.5 Å². The van der Waals surface area contributed by atoms with Gasteiger partial charge in [0.1, 0.15) is 36.9 Å². The van der Waals surface area contributed by atoms with Crippen molar-refractivity contribution in [1.82, 2.24) is 34.4 Å². The normalized spacial score (nSPS) is 11.9. The molecule has 0 unspecified atom stereocenters. The van der Waals surface area contributed by atoms with Gasteiger partial charge < -0.3 is 26.6 Å². The van der Waals surface area contributed by atoms with E-state index in [0.717, 1.165) is 12.1 Å². The minimum atomic E-state index is -6.30. The maximum absolute atomic E-state index is 14.9. The molecule has 32 heteroatoms. The minimum Gasteiger partial charge on any atom is -0.397 e. The zero-order valence-electron chi connectivity index (χ0n) is 51.9. The smallest absolute Gasteiger partial charge is 0.397 e. The molecule has 3 amide bonds. The number of aromatic nitrogens is 6. The van der Waals surface area contributed by atoms with E-state index in [2.05, 4.69) is 61.8 Å². The van der Waals surface area contributed by atoms with Crippen LogP contribution in [0.1, 0.15) is 123 Å². The van der Waals surface area contributed by atoms with Crippen LogP contribution in [0.2, 0.25) is 0 Å². The molecular formula is C64H62ClF16N11O4. The summed E-state index contributed by atoms with van der Waals surface area (Å²) in [7, 11) is 0. The van der Waals surface area contributed by atoms with Crippen molar-refractivity contribution in [3.05, 3.63) is 202 Å². The van der Waals surface area contributed by atoms with Gasteiger partial charge in [-0.05, 0) is 188 Å². The largest absolute Gasteiger partial charge is 0.435 e. The lowest BCUT2D eigenvalue weighted by Gasteiger charge is -2.31. The number of nitrogens with zero attached hydrogens (tertiary/aromatic N) is 7. The summed E-state index contributed by atoms with van der Waals surface area (Å²) in [6, 6.07) is 19.8. The molecule has 0 saturated carbocycles. The zero-order valence-corrected chi connectivity index (χ0v) is 52.7. The van der Waals surface area contributed by atoms with Crippen LogP contribution in [0.25, 0.3) is 11.4 Å². The van der Waals surface area contributed by atoms with Crippen molar-refractivity contribution in [3.8, 4) is 11.4 Å². The van der Waals surface area contributed by atoms with E-state index in [1.165, 1.54) is 155 Å². The predicted octanol–water partition coefficient (Wildman–Crippen LogP) is 16.4. The van der Waals surface area contributed by atoms with Gasteiger partial charge in [-0.2, -0.15) is 62.9 Å². The SMILES string of the molecule is CCN(CC)CC.CCc1cc(C(F)(C(F)(F)F)C(F)(F)F)cc(CC)c1NC(=O)c1ccc(-n2cncn2)c(N)c1.CCc1cc(C(F)(C(F)(F)F)C(F)(F)F)cc(CC)c1NC(=O)c1ccc(-n2cncn2)c(NC(=O)c2ccc(F)cc2)c1.O=C(Cl)c1ccc(F)cc1. The molecule has 6 aromatic carbocycles. The van der Waals surface area contributed by atoms with Crippen LogP contribution in [0, 0.1) is 11.6 Å². The number of carbonyl (C=O) groups is 4. The fourth-order valence-corrected chi connectivity index (χ4v) is 9.44. The van der Waals surface area contributed by atoms with Crippen LogP contribution in [0.5, 0.6) is 0 Å². The van der Waals surface area contributed by atoms with Gasteiger partial charge in [0.15, 0.2) is 0 Å². The van der Waals surface area contributed by atoms with Crippen molar-refractivity contribution >= 4 is 57.3 Å². The Morgan fingerprint density at radius 1 is 0.448 bits per heavy atom. The first-order valence-electron chi connectivity index (χ1n) is 29.0. The molecule has 0 aliphatic rings. The molecule has 15 nitrogen and oxygen atoms in total. The van der Waals surface area contributed by atoms with Gasteiger partial charge in [0.25, 0.3) is 23.0 Å². The number of anilines is 4. The number of aryl methyl sites for hydroxylation is 4. The third-order valence-corrected chi connectivity index (χ3v) is 14.8. The Balaban J connectivity index is 0.000000282. The number of carbonyl (C=O) groups excluding carboxylic acids is 4. The molecule has 8 aromatic rings. The zero-order chi connectivity index (χ0) is 71.9. The number of hydrogen-bond donors (Lipinski definition) is 4. The van der Waals surface area contributed by atoms with Gasteiger partial charge >= 0.3 is 36.0 Å². The molecule has 0 aliphatic carbocycles. The predicted molar refractivity (Wildman–Crippen MR) is 328 cm³/mol. The third-order valence-electron chi connectivity index (χ3n) is 14.6. The highest BCUT2D eigenvalue weighted by atomic mass is 35.5. The lowest BCUT2D eigenvalue weighted by atomic mass is 9.88. The summed E-state index contributed by atoms with van der Waals surface area (Å²) in [5.74, 6) is -3.14. The van der Waals surface area contributed by atoms with Crippen LogP contribution >= 0.6 is 11.6 Å². The van der Waals surface area contributed by atoms with E-state index in [4.69, 9.17) is 17.3 Å². The number of amides is 3.